The molecule has 2 aromatic heterocycles. The van der Waals surface area contributed by atoms with Crippen LogP contribution >= 0.6 is 0 Å². The van der Waals surface area contributed by atoms with Crippen LogP contribution in [0, 0.1) is 11.7 Å². The predicted octanol–water partition coefficient (Wildman–Crippen LogP) is 5.98. The van der Waals surface area contributed by atoms with Crippen LogP contribution in [0.15, 0.2) is 65.3 Å². The van der Waals surface area contributed by atoms with Gasteiger partial charge in [-0.3, -0.25) is 0 Å². The Morgan fingerprint density at radius 3 is 2.52 bits per heavy atom. The van der Waals surface area contributed by atoms with E-state index in [2.05, 4.69) is 20.5 Å². The molecule has 1 atom stereocenters. The van der Waals surface area contributed by atoms with Crippen LogP contribution < -0.4 is 5.32 Å². The van der Waals surface area contributed by atoms with Gasteiger partial charge in [0, 0.05) is 31.3 Å². The lowest BCUT2D eigenvalue weighted by Crippen LogP contribution is -2.27. The zero-order valence-corrected chi connectivity index (χ0v) is 21.4. The van der Waals surface area contributed by atoms with Crippen molar-refractivity contribution in [1.82, 2.24) is 25.1 Å². The molecular formula is C29H25F4N5O2. The summed E-state index contributed by atoms with van der Waals surface area (Å²) in [5.41, 5.74) is 1.40. The first-order valence-corrected chi connectivity index (χ1v) is 12.8. The third kappa shape index (κ3) is 5.09. The molecule has 0 aliphatic heterocycles. The second-order valence-corrected chi connectivity index (χ2v) is 10.0. The van der Waals surface area contributed by atoms with Crippen molar-refractivity contribution in [3.8, 4) is 34.0 Å². The van der Waals surface area contributed by atoms with Gasteiger partial charge in [-0.25, -0.2) is 9.37 Å². The fourth-order valence-electron chi connectivity index (χ4n) is 4.88. The number of hydrogen-bond acceptors (Lipinski definition) is 6. The number of fused-ring (bicyclic) bond motifs is 1. The van der Waals surface area contributed by atoms with Gasteiger partial charge in [0.1, 0.15) is 23.2 Å². The van der Waals surface area contributed by atoms with Gasteiger partial charge in [-0.2, -0.15) is 13.2 Å². The number of aryl methyl sites for hydroxylation is 1. The van der Waals surface area contributed by atoms with E-state index >= 15 is 0 Å². The summed E-state index contributed by atoms with van der Waals surface area (Å²) in [7, 11) is 1.74. The molecule has 1 saturated carbocycles. The van der Waals surface area contributed by atoms with E-state index in [-0.39, 0.29) is 29.5 Å². The number of nitrogens with one attached hydrogen (secondary N) is 1. The van der Waals surface area contributed by atoms with Gasteiger partial charge in [0.05, 0.1) is 6.10 Å². The molecule has 1 unspecified atom stereocenters. The van der Waals surface area contributed by atoms with Crippen LogP contribution in [0.2, 0.25) is 0 Å². The highest BCUT2D eigenvalue weighted by atomic mass is 19.4. The minimum atomic E-state index is -4.68. The zero-order chi connectivity index (χ0) is 28.0. The molecule has 7 nitrogen and oxygen atoms in total. The summed E-state index contributed by atoms with van der Waals surface area (Å²) in [5.74, 6) is 0.280. The molecule has 0 radical (unpaired) electrons. The predicted molar refractivity (Wildman–Crippen MR) is 140 cm³/mol. The van der Waals surface area contributed by atoms with E-state index in [9.17, 15) is 22.7 Å². The molecule has 0 bridgehead atoms. The number of hydrogen-bond donors (Lipinski definition) is 2. The topological polar surface area (TPSA) is 89.0 Å². The molecular weight excluding hydrogens is 526 g/mol. The van der Waals surface area contributed by atoms with Crippen molar-refractivity contribution in [2.24, 2.45) is 13.0 Å². The first-order valence-electron chi connectivity index (χ1n) is 12.8. The number of rotatable bonds is 8. The average Bonchev–Trinajstić information content (AvgIpc) is 3.56. The summed E-state index contributed by atoms with van der Waals surface area (Å²) in [4.78, 5) is 4.49. The highest BCUT2D eigenvalue weighted by molar-refractivity contribution is 5.92. The van der Waals surface area contributed by atoms with Gasteiger partial charge >= 0.3 is 6.18 Å². The van der Waals surface area contributed by atoms with Crippen LogP contribution in [0.25, 0.3) is 45.1 Å². The normalized spacial score (nSPS) is 14.7. The molecule has 2 N–H and O–H groups in total. The lowest BCUT2D eigenvalue weighted by molar-refractivity contribution is -0.136. The van der Waals surface area contributed by atoms with Gasteiger partial charge in [0.15, 0.2) is 11.4 Å². The van der Waals surface area contributed by atoms with Crippen LogP contribution in [0.3, 0.4) is 0 Å². The Balaban J connectivity index is 1.46. The monoisotopic (exact) mass is 551 g/mol. The Morgan fingerprint density at radius 2 is 1.85 bits per heavy atom. The first-order chi connectivity index (χ1) is 19.2. The van der Waals surface area contributed by atoms with Crippen molar-refractivity contribution in [2.45, 2.75) is 31.7 Å². The fraction of sp³-hybridized carbons (Fsp3) is 0.276. The van der Waals surface area contributed by atoms with Crippen LogP contribution in [0.5, 0.6) is 0 Å². The quantitative estimate of drug-likeness (QED) is 0.231. The Bertz CT molecular complexity index is 1670. The third-order valence-corrected chi connectivity index (χ3v) is 7.09. The highest BCUT2D eigenvalue weighted by Crippen LogP contribution is 2.42. The SMILES string of the molecule is Cn1cnnc1-c1c(-c2ccc(F)cc2)cccc1-c1nc2cc(CNCC(O)C3CC3)cc(C(F)(F)F)c2o1. The van der Waals surface area contributed by atoms with E-state index < -0.39 is 23.7 Å². The number of aromatic nitrogens is 4. The number of halogens is 4. The van der Waals surface area contributed by atoms with Crippen LogP contribution in [-0.4, -0.2) is 37.5 Å². The summed E-state index contributed by atoms with van der Waals surface area (Å²) in [5, 5.41) is 21.3. The lowest BCUT2D eigenvalue weighted by atomic mass is 9.94. The number of oxazole rings is 1. The summed E-state index contributed by atoms with van der Waals surface area (Å²) >= 11 is 0. The molecule has 0 amide bonds. The second-order valence-electron chi connectivity index (χ2n) is 10.0. The largest absolute Gasteiger partial charge is 0.435 e. The van der Waals surface area contributed by atoms with Gasteiger partial charge in [-0.05, 0) is 65.8 Å². The molecule has 206 valence electrons. The average molecular weight is 552 g/mol. The van der Waals surface area contributed by atoms with Crippen molar-refractivity contribution in [3.63, 3.8) is 0 Å². The van der Waals surface area contributed by atoms with E-state index in [1.165, 1.54) is 18.5 Å². The Morgan fingerprint density at radius 1 is 1.10 bits per heavy atom. The maximum absolute atomic E-state index is 14.1. The van der Waals surface area contributed by atoms with Gasteiger partial charge in [-0.15, -0.1) is 10.2 Å². The van der Waals surface area contributed by atoms with E-state index in [1.54, 1.807) is 41.9 Å². The van der Waals surface area contributed by atoms with E-state index in [0.717, 1.165) is 18.9 Å². The first kappa shape index (κ1) is 26.1. The van der Waals surface area contributed by atoms with Crippen LogP contribution in [-0.2, 0) is 19.8 Å². The molecule has 11 heteroatoms. The summed E-state index contributed by atoms with van der Waals surface area (Å²) in [6.45, 7) is 0.431. The summed E-state index contributed by atoms with van der Waals surface area (Å²) < 4.78 is 63.6. The minimum absolute atomic E-state index is 0.0169. The second kappa shape index (κ2) is 10.1. The van der Waals surface area contributed by atoms with E-state index in [1.807, 2.05) is 6.07 Å². The van der Waals surface area contributed by atoms with Crippen LogP contribution in [0.4, 0.5) is 17.6 Å². The number of aliphatic hydroxyl groups is 1. The summed E-state index contributed by atoms with van der Waals surface area (Å²) in [6.07, 6.45) is -1.76. The van der Waals surface area contributed by atoms with Crippen molar-refractivity contribution in [2.75, 3.05) is 6.54 Å². The third-order valence-electron chi connectivity index (χ3n) is 7.09. The molecule has 5 aromatic rings. The highest BCUT2D eigenvalue weighted by Gasteiger charge is 2.36. The smallest absolute Gasteiger partial charge is 0.420 e. The molecule has 1 aliphatic carbocycles. The molecule has 0 saturated heterocycles. The molecule has 3 aromatic carbocycles. The van der Waals surface area contributed by atoms with Crippen molar-refractivity contribution < 1.29 is 27.1 Å². The van der Waals surface area contributed by atoms with Gasteiger partial charge in [0.2, 0.25) is 5.89 Å². The number of alkyl halides is 3. The molecule has 6 rings (SSSR count). The molecule has 40 heavy (non-hydrogen) atoms. The molecule has 2 heterocycles. The van der Waals surface area contributed by atoms with Crippen molar-refractivity contribution >= 4 is 11.1 Å². The Labute approximate surface area is 226 Å². The number of benzene rings is 3. The van der Waals surface area contributed by atoms with Gasteiger partial charge < -0.3 is 19.4 Å². The maximum Gasteiger partial charge on any atom is 0.420 e. The number of nitrogens with zero attached hydrogens (tertiary/aromatic N) is 4. The van der Waals surface area contributed by atoms with Crippen molar-refractivity contribution in [3.05, 3.63) is 77.9 Å². The lowest BCUT2D eigenvalue weighted by Gasteiger charge is -2.13. The number of aliphatic hydroxyl groups excluding tert-OH is 1. The van der Waals surface area contributed by atoms with E-state index in [4.69, 9.17) is 4.42 Å². The molecule has 1 fully saturated rings. The van der Waals surface area contributed by atoms with Gasteiger partial charge in [0.25, 0.3) is 0 Å². The Hall–Kier alpha value is -4.09. The standard InChI is InChI=1S/C29H25F4N5O2/c1-38-15-35-37-27(38)25-20(17-7-9-19(30)10-8-17)3-2-4-21(25)28-36-23-12-16(13-34-14-24(39)18-5-6-18)11-22(26(23)40-28)29(31,32)33/h2-4,7-12,15,18,24,34,39H,5-6,13-14H2,1H3. The molecule has 1 aliphatic rings. The Kier molecular flexibility index (Phi) is 6.63. The van der Waals surface area contributed by atoms with Gasteiger partial charge in [-0.1, -0.05) is 24.3 Å². The van der Waals surface area contributed by atoms with E-state index in [0.29, 0.717) is 40.2 Å². The molecule has 0 spiro atoms. The zero-order valence-electron chi connectivity index (χ0n) is 21.4. The fourth-order valence-corrected chi connectivity index (χ4v) is 4.88. The van der Waals surface area contributed by atoms with Crippen molar-refractivity contribution in [1.29, 1.82) is 0 Å². The summed E-state index contributed by atoms with van der Waals surface area (Å²) in [6, 6.07) is 13.7. The van der Waals surface area contributed by atoms with Crippen LogP contribution in [0.1, 0.15) is 24.0 Å². The minimum Gasteiger partial charge on any atom is -0.435 e. The maximum atomic E-state index is 14.1.